The molecule has 0 saturated heterocycles. The third-order valence-electron chi connectivity index (χ3n) is 7.13. The van der Waals surface area contributed by atoms with Crippen LogP contribution in [-0.4, -0.2) is 53.0 Å². The predicted octanol–water partition coefficient (Wildman–Crippen LogP) is 5.53. The fourth-order valence-electron chi connectivity index (χ4n) is 4.52. The summed E-state index contributed by atoms with van der Waals surface area (Å²) in [5.41, 5.74) is 2.35. The van der Waals surface area contributed by atoms with Gasteiger partial charge in [0.2, 0.25) is 10.0 Å². The van der Waals surface area contributed by atoms with Gasteiger partial charge in [0.15, 0.2) is 0 Å². The van der Waals surface area contributed by atoms with E-state index in [1.54, 1.807) is 48.5 Å². The fourth-order valence-corrected chi connectivity index (χ4v) is 6.16. The molecule has 0 aliphatic heterocycles. The van der Waals surface area contributed by atoms with Gasteiger partial charge in [-0.3, -0.25) is 9.44 Å². The number of aryl methyl sites for hydroxylation is 1. The van der Waals surface area contributed by atoms with E-state index in [4.69, 9.17) is 9.47 Å². The molecule has 1 atom stereocenters. The Bertz CT molecular complexity index is 1770. The molecule has 12 heteroatoms. The van der Waals surface area contributed by atoms with Crippen LogP contribution in [0.2, 0.25) is 0 Å². The average molecular weight is 668 g/mol. The minimum absolute atomic E-state index is 0.0302. The van der Waals surface area contributed by atoms with Gasteiger partial charge in [-0.1, -0.05) is 60.7 Å². The summed E-state index contributed by atoms with van der Waals surface area (Å²) in [6.07, 6.45) is 2.22. The number of nitrogens with one attached hydrogen (secondary N) is 3. The van der Waals surface area contributed by atoms with Crippen LogP contribution >= 0.6 is 0 Å². The van der Waals surface area contributed by atoms with E-state index >= 15 is 0 Å². The Labute approximate surface area is 271 Å². The second-order valence-electron chi connectivity index (χ2n) is 11.7. The number of anilines is 2. The molecule has 0 amide bonds. The lowest BCUT2D eigenvalue weighted by Crippen LogP contribution is -2.45. The molecule has 246 valence electrons. The molecule has 0 saturated carbocycles. The molecule has 0 heterocycles. The Morgan fingerprint density at radius 3 is 2.11 bits per heavy atom. The summed E-state index contributed by atoms with van der Waals surface area (Å²) in [6.45, 7) is 5.25. The van der Waals surface area contributed by atoms with E-state index in [0.717, 1.165) is 30.2 Å². The Morgan fingerprint density at radius 1 is 0.804 bits per heavy atom. The number of aromatic hydroxyl groups is 1. The average Bonchev–Trinajstić information content (AvgIpc) is 3.02. The van der Waals surface area contributed by atoms with E-state index in [2.05, 4.69) is 28.6 Å². The van der Waals surface area contributed by atoms with Gasteiger partial charge in [0, 0.05) is 23.8 Å². The lowest BCUT2D eigenvalue weighted by Gasteiger charge is -2.29. The summed E-state index contributed by atoms with van der Waals surface area (Å²) in [5, 5.41) is 13.6. The van der Waals surface area contributed by atoms with Gasteiger partial charge in [0.1, 0.15) is 24.2 Å². The Morgan fingerprint density at radius 2 is 1.46 bits per heavy atom. The van der Waals surface area contributed by atoms with E-state index in [1.165, 1.54) is 12.1 Å². The third kappa shape index (κ3) is 11.4. The Kier molecular flexibility index (Phi) is 11.7. The number of ether oxygens (including phenoxy) is 2. The summed E-state index contributed by atoms with van der Waals surface area (Å²) in [5.74, 6) is 0.173. The standard InChI is InChI=1S/C34H41N3O7S2/c1-34(2,21-20-26-14-16-28(17-15-26)36-46(41,42)31-12-8-5-9-13-31)35-23-30(43-24-27-10-6-4-7-11-27)25-44-29-18-19-33(38)32(22-29)37-45(3,39)40/h4-19,22,30,35-38H,20-21,23-25H2,1-3H3. The predicted molar refractivity (Wildman–Crippen MR) is 181 cm³/mol. The van der Waals surface area contributed by atoms with Crippen molar-refractivity contribution in [2.75, 3.05) is 28.9 Å². The van der Waals surface area contributed by atoms with Crippen LogP contribution < -0.4 is 19.5 Å². The zero-order valence-electron chi connectivity index (χ0n) is 26.1. The fraction of sp³-hybridized carbons (Fsp3) is 0.294. The molecule has 0 aliphatic carbocycles. The van der Waals surface area contributed by atoms with Crippen molar-refractivity contribution in [3.63, 3.8) is 0 Å². The van der Waals surface area contributed by atoms with Gasteiger partial charge in [-0.2, -0.15) is 0 Å². The van der Waals surface area contributed by atoms with Gasteiger partial charge in [-0.05, 0) is 74.2 Å². The number of phenols is 1. The minimum atomic E-state index is -3.65. The molecule has 0 bridgehead atoms. The van der Waals surface area contributed by atoms with Crippen molar-refractivity contribution in [2.45, 2.75) is 49.8 Å². The van der Waals surface area contributed by atoms with Gasteiger partial charge in [-0.25, -0.2) is 16.8 Å². The number of phenolic OH excluding ortho intramolecular Hbond substituents is 1. The van der Waals surface area contributed by atoms with Crippen LogP contribution in [0.1, 0.15) is 31.4 Å². The molecule has 4 N–H and O–H groups in total. The second-order valence-corrected chi connectivity index (χ2v) is 15.1. The lowest BCUT2D eigenvalue weighted by molar-refractivity contribution is 0.00625. The van der Waals surface area contributed by atoms with Crippen LogP contribution in [0.3, 0.4) is 0 Å². The number of hydrogen-bond acceptors (Lipinski definition) is 8. The van der Waals surface area contributed by atoms with Gasteiger partial charge < -0.3 is 19.9 Å². The molecular weight excluding hydrogens is 627 g/mol. The topological polar surface area (TPSA) is 143 Å². The highest BCUT2D eigenvalue weighted by atomic mass is 32.2. The maximum Gasteiger partial charge on any atom is 0.261 e. The van der Waals surface area contributed by atoms with Crippen molar-refractivity contribution >= 4 is 31.4 Å². The molecule has 46 heavy (non-hydrogen) atoms. The number of benzene rings is 4. The Balaban J connectivity index is 1.34. The zero-order chi connectivity index (χ0) is 33.2. The quantitative estimate of drug-likeness (QED) is 0.108. The van der Waals surface area contributed by atoms with Crippen molar-refractivity contribution in [3.8, 4) is 11.5 Å². The van der Waals surface area contributed by atoms with Crippen LogP contribution in [0, 0.1) is 0 Å². The van der Waals surface area contributed by atoms with Crippen LogP contribution in [-0.2, 0) is 37.8 Å². The van der Waals surface area contributed by atoms with E-state index in [1.807, 2.05) is 42.5 Å². The highest BCUT2D eigenvalue weighted by molar-refractivity contribution is 7.92. The third-order valence-corrected chi connectivity index (χ3v) is 9.12. The summed E-state index contributed by atoms with van der Waals surface area (Å²) in [7, 11) is -7.24. The van der Waals surface area contributed by atoms with Crippen LogP contribution in [0.4, 0.5) is 11.4 Å². The van der Waals surface area contributed by atoms with Crippen molar-refractivity contribution in [3.05, 3.63) is 114 Å². The van der Waals surface area contributed by atoms with Crippen molar-refractivity contribution in [1.82, 2.24) is 5.32 Å². The minimum Gasteiger partial charge on any atom is -0.506 e. The zero-order valence-corrected chi connectivity index (χ0v) is 27.8. The molecule has 4 rings (SSSR count). The molecule has 0 radical (unpaired) electrons. The number of hydrogen-bond donors (Lipinski definition) is 4. The maximum absolute atomic E-state index is 12.6. The highest BCUT2D eigenvalue weighted by Crippen LogP contribution is 2.29. The van der Waals surface area contributed by atoms with E-state index in [0.29, 0.717) is 24.6 Å². The van der Waals surface area contributed by atoms with E-state index in [9.17, 15) is 21.9 Å². The van der Waals surface area contributed by atoms with Gasteiger partial charge >= 0.3 is 0 Å². The maximum atomic E-state index is 12.6. The monoisotopic (exact) mass is 667 g/mol. The molecule has 0 fully saturated rings. The summed E-state index contributed by atoms with van der Waals surface area (Å²) >= 11 is 0. The number of rotatable bonds is 17. The molecule has 4 aromatic carbocycles. The van der Waals surface area contributed by atoms with E-state index in [-0.39, 0.29) is 34.6 Å². The van der Waals surface area contributed by atoms with Crippen molar-refractivity contribution < 1.29 is 31.4 Å². The Hall–Kier alpha value is -4.10. The van der Waals surface area contributed by atoms with Gasteiger partial charge in [0.25, 0.3) is 10.0 Å². The molecule has 0 spiro atoms. The summed E-state index contributed by atoms with van der Waals surface area (Å²) in [4.78, 5) is 0.208. The second kappa shape index (κ2) is 15.5. The van der Waals surface area contributed by atoms with Crippen molar-refractivity contribution in [2.24, 2.45) is 0 Å². The van der Waals surface area contributed by atoms with Crippen LogP contribution in [0.5, 0.6) is 11.5 Å². The first-order valence-electron chi connectivity index (χ1n) is 14.8. The largest absolute Gasteiger partial charge is 0.506 e. The van der Waals surface area contributed by atoms with E-state index < -0.39 is 20.0 Å². The van der Waals surface area contributed by atoms with Gasteiger partial charge in [-0.15, -0.1) is 0 Å². The number of sulfonamides is 2. The first-order chi connectivity index (χ1) is 21.8. The smallest absolute Gasteiger partial charge is 0.261 e. The molecular formula is C34H41N3O7S2. The SMILES string of the molecule is CC(C)(CCc1ccc(NS(=O)(=O)c2ccccc2)cc1)NCC(COc1ccc(O)c(NS(C)(=O)=O)c1)OCc1ccccc1. The lowest BCUT2D eigenvalue weighted by atomic mass is 9.95. The van der Waals surface area contributed by atoms with Crippen LogP contribution in [0.25, 0.3) is 0 Å². The first kappa shape index (κ1) is 34.8. The molecule has 10 nitrogen and oxygen atoms in total. The summed E-state index contributed by atoms with van der Waals surface area (Å²) < 4.78 is 65.7. The summed E-state index contributed by atoms with van der Waals surface area (Å²) in [6, 6.07) is 29.8. The highest BCUT2D eigenvalue weighted by Gasteiger charge is 2.21. The molecule has 0 aliphatic rings. The van der Waals surface area contributed by atoms with Crippen LogP contribution in [0.15, 0.2) is 108 Å². The van der Waals surface area contributed by atoms with Crippen molar-refractivity contribution in [1.29, 1.82) is 0 Å². The molecule has 4 aromatic rings. The first-order valence-corrected chi connectivity index (χ1v) is 18.2. The molecule has 1 unspecified atom stereocenters. The normalized spacial score (nSPS) is 12.8. The molecule has 0 aromatic heterocycles. The van der Waals surface area contributed by atoms with Gasteiger partial charge in [0.05, 0.1) is 23.4 Å².